The molecular weight excluding hydrogens is 194 g/mol. The van der Waals surface area contributed by atoms with Crippen LogP contribution in [0.2, 0.25) is 0 Å². The van der Waals surface area contributed by atoms with Gasteiger partial charge in [-0.25, -0.2) is 0 Å². The normalized spacial score (nSPS) is 12.5. The minimum Gasteiger partial charge on any atom is -0.385 e. The summed E-state index contributed by atoms with van der Waals surface area (Å²) in [5.41, 5.74) is 7.61. The van der Waals surface area contributed by atoms with Gasteiger partial charge < -0.3 is 21.5 Å². The van der Waals surface area contributed by atoms with Crippen LogP contribution in [0.15, 0.2) is 0 Å². The zero-order valence-electron chi connectivity index (χ0n) is 9.76. The van der Waals surface area contributed by atoms with Gasteiger partial charge in [0.05, 0.1) is 6.54 Å². The maximum atomic E-state index is 11.5. The van der Waals surface area contributed by atoms with E-state index >= 15 is 0 Å². The highest BCUT2D eigenvalue weighted by Crippen LogP contribution is 1.96. The van der Waals surface area contributed by atoms with Gasteiger partial charge in [0, 0.05) is 26.7 Å². The van der Waals surface area contributed by atoms with Crippen molar-refractivity contribution in [2.75, 3.05) is 26.8 Å². The third-order valence-electron chi connectivity index (χ3n) is 2.25. The Morgan fingerprint density at radius 3 is 2.73 bits per heavy atom. The summed E-state index contributed by atoms with van der Waals surface area (Å²) in [6.07, 6.45) is 3.81. The van der Waals surface area contributed by atoms with Crippen LogP contribution in [-0.4, -0.2) is 38.8 Å². The molecule has 1 amide bonds. The van der Waals surface area contributed by atoms with Gasteiger partial charge in [-0.15, -0.1) is 0 Å². The lowest BCUT2D eigenvalue weighted by Gasteiger charge is -2.08. The highest BCUT2D eigenvalue weighted by atomic mass is 16.5. The Kier molecular flexibility index (Phi) is 9.46. The minimum atomic E-state index is -0.126. The van der Waals surface area contributed by atoms with Crippen molar-refractivity contribution in [2.24, 2.45) is 0 Å². The van der Waals surface area contributed by atoms with Crippen molar-refractivity contribution in [3.8, 4) is 0 Å². The monoisotopic (exact) mass is 219 g/mol. The highest BCUT2D eigenvalue weighted by Gasteiger charge is 2.15. The number of carbonyl (C=O) groups excluding carboxylic acids is 1. The molecule has 0 spiro atoms. The number of hydrogen-bond donors (Lipinski definition) is 3. The standard InChI is InChI=1S/C10H23N3O2/c1-15-8-4-7-13-10(14)9(12)5-2-3-6-11/h9H,2-8,11-12H2,1H3,(H,13,14)/p+2. The van der Waals surface area contributed by atoms with Crippen LogP contribution in [0.1, 0.15) is 25.7 Å². The molecule has 15 heavy (non-hydrogen) atoms. The van der Waals surface area contributed by atoms with E-state index in [2.05, 4.69) is 16.8 Å². The maximum Gasteiger partial charge on any atom is 0.278 e. The van der Waals surface area contributed by atoms with Gasteiger partial charge in [0.2, 0.25) is 0 Å². The molecule has 0 aliphatic heterocycles. The van der Waals surface area contributed by atoms with Crippen LogP contribution < -0.4 is 16.8 Å². The number of nitrogens with one attached hydrogen (secondary N) is 1. The van der Waals surface area contributed by atoms with Crippen LogP contribution in [0, 0.1) is 0 Å². The number of ether oxygens (including phenoxy) is 1. The third kappa shape index (κ3) is 8.35. The molecule has 0 aromatic heterocycles. The van der Waals surface area contributed by atoms with E-state index in [0.717, 1.165) is 32.2 Å². The summed E-state index contributed by atoms with van der Waals surface area (Å²) in [6.45, 7) is 2.29. The van der Waals surface area contributed by atoms with Gasteiger partial charge >= 0.3 is 0 Å². The molecule has 5 heteroatoms. The zero-order chi connectivity index (χ0) is 11.5. The molecule has 0 aromatic rings. The first-order chi connectivity index (χ1) is 7.22. The van der Waals surface area contributed by atoms with Crippen molar-refractivity contribution in [1.29, 1.82) is 0 Å². The summed E-state index contributed by atoms with van der Waals surface area (Å²) < 4.78 is 4.89. The van der Waals surface area contributed by atoms with E-state index in [9.17, 15) is 4.79 Å². The largest absolute Gasteiger partial charge is 0.385 e. The Morgan fingerprint density at radius 1 is 1.40 bits per heavy atom. The molecule has 1 atom stereocenters. The first-order valence-corrected chi connectivity index (χ1v) is 5.61. The highest BCUT2D eigenvalue weighted by molar-refractivity contribution is 5.79. The molecule has 0 aliphatic carbocycles. The number of hydrogen-bond acceptors (Lipinski definition) is 2. The number of methoxy groups -OCH3 is 1. The van der Waals surface area contributed by atoms with E-state index in [-0.39, 0.29) is 11.9 Å². The number of rotatable bonds is 9. The first kappa shape index (κ1) is 14.3. The van der Waals surface area contributed by atoms with Crippen LogP contribution in [-0.2, 0) is 9.53 Å². The molecule has 0 aliphatic rings. The topological polar surface area (TPSA) is 93.6 Å². The molecule has 0 aromatic carbocycles. The lowest BCUT2D eigenvalue weighted by atomic mass is 10.1. The Bertz CT molecular complexity index is 165. The van der Waals surface area contributed by atoms with Gasteiger partial charge in [0.15, 0.2) is 6.04 Å². The smallest absolute Gasteiger partial charge is 0.278 e. The Hall–Kier alpha value is -0.650. The first-order valence-electron chi connectivity index (χ1n) is 5.61. The zero-order valence-corrected chi connectivity index (χ0v) is 9.76. The molecule has 0 saturated heterocycles. The fourth-order valence-corrected chi connectivity index (χ4v) is 1.27. The fourth-order valence-electron chi connectivity index (χ4n) is 1.27. The van der Waals surface area contributed by atoms with Crippen molar-refractivity contribution in [1.82, 2.24) is 5.32 Å². The number of quaternary nitrogens is 2. The predicted octanol–water partition coefficient (Wildman–Crippen LogP) is -1.84. The van der Waals surface area contributed by atoms with Crippen LogP contribution in [0.3, 0.4) is 0 Å². The molecule has 0 radical (unpaired) electrons. The average molecular weight is 219 g/mol. The third-order valence-corrected chi connectivity index (χ3v) is 2.25. The van der Waals surface area contributed by atoms with Crippen molar-refractivity contribution in [3.05, 3.63) is 0 Å². The van der Waals surface area contributed by atoms with Crippen molar-refractivity contribution in [2.45, 2.75) is 31.7 Å². The fraction of sp³-hybridized carbons (Fsp3) is 0.900. The lowest BCUT2D eigenvalue weighted by molar-refractivity contribution is -0.406. The van der Waals surface area contributed by atoms with E-state index in [1.54, 1.807) is 7.11 Å². The van der Waals surface area contributed by atoms with E-state index < -0.39 is 0 Å². The van der Waals surface area contributed by atoms with Crippen LogP contribution in [0.4, 0.5) is 0 Å². The number of carbonyl (C=O) groups is 1. The molecular formula is C10H25N3O2+2. The quantitative estimate of drug-likeness (QED) is 0.398. The molecule has 7 N–H and O–H groups in total. The summed E-state index contributed by atoms with van der Waals surface area (Å²) in [6, 6.07) is -0.126. The summed E-state index contributed by atoms with van der Waals surface area (Å²) >= 11 is 0. The minimum absolute atomic E-state index is 0.0511. The molecule has 5 nitrogen and oxygen atoms in total. The van der Waals surface area contributed by atoms with Gasteiger partial charge in [-0.1, -0.05) is 0 Å². The SMILES string of the molecule is COCCCNC(=O)C([NH3+])CCCC[NH3+]. The Morgan fingerprint density at radius 2 is 2.13 bits per heavy atom. The second-order valence-electron chi connectivity index (χ2n) is 3.68. The van der Waals surface area contributed by atoms with Gasteiger partial charge in [-0.3, -0.25) is 4.79 Å². The van der Waals surface area contributed by atoms with Gasteiger partial charge in [0.1, 0.15) is 0 Å². The Balaban J connectivity index is 3.42. The summed E-state index contributed by atoms with van der Waals surface area (Å²) in [7, 11) is 1.66. The van der Waals surface area contributed by atoms with Gasteiger partial charge in [0.25, 0.3) is 5.91 Å². The molecule has 1 unspecified atom stereocenters. The Labute approximate surface area is 91.5 Å². The maximum absolute atomic E-state index is 11.5. The molecule has 0 heterocycles. The van der Waals surface area contributed by atoms with Gasteiger partial charge in [-0.05, 0) is 19.3 Å². The van der Waals surface area contributed by atoms with E-state index in [0.29, 0.717) is 13.2 Å². The van der Waals surface area contributed by atoms with E-state index in [1.807, 2.05) is 0 Å². The van der Waals surface area contributed by atoms with E-state index in [1.165, 1.54) is 0 Å². The second kappa shape index (κ2) is 9.89. The summed E-state index contributed by atoms with van der Waals surface area (Å²) in [4.78, 5) is 11.5. The van der Waals surface area contributed by atoms with Crippen LogP contribution in [0.5, 0.6) is 0 Å². The molecule has 0 saturated carbocycles. The predicted molar refractivity (Wildman–Crippen MR) is 57.8 cm³/mol. The molecule has 90 valence electrons. The van der Waals surface area contributed by atoms with Gasteiger partial charge in [-0.2, -0.15) is 0 Å². The molecule has 0 bridgehead atoms. The van der Waals surface area contributed by atoms with Crippen molar-refractivity contribution >= 4 is 5.91 Å². The number of amides is 1. The molecule has 0 rings (SSSR count). The van der Waals surface area contributed by atoms with Crippen molar-refractivity contribution in [3.63, 3.8) is 0 Å². The number of unbranched alkanes of at least 4 members (excludes halogenated alkanes) is 1. The average Bonchev–Trinajstić information content (AvgIpc) is 2.24. The van der Waals surface area contributed by atoms with Crippen LogP contribution in [0.25, 0.3) is 0 Å². The van der Waals surface area contributed by atoms with Crippen LogP contribution >= 0.6 is 0 Å². The van der Waals surface area contributed by atoms with E-state index in [4.69, 9.17) is 4.74 Å². The molecule has 0 fully saturated rings. The lowest BCUT2D eigenvalue weighted by Crippen LogP contribution is -2.67. The summed E-state index contributed by atoms with van der Waals surface area (Å²) in [5.74, 6) is 0.0511. The second-order valence-corrected chi connectivity index (χ2v) is 3.68. The summed E-state index contributed by atoms with van der Waals surface area (Å²) in [5, 5.41) is 2.85. The van der Waals surface area contributed by atoms with Crippen molar-refractivity contribution < 1.29 is 21.0 Å².